The van der Waals surface area contributed by atoms with Crippen LogP contribution in [0.1, 0.15) is 0 Å². The molecule has 0 radical (unpaired) electrons. The summed E-state index contributed by atoms with van der Waals surface area (Å²) in [6, 6.07) is 7.63. The van der Waals surface area contributed by atoms with Crippen molar-refractivity contribution in [2.75, 3.05) is 7.11 Å². The molecule has 3 heterocycles. The summed E-state index contributed by atoms with van der Waals surface area (Å²) in [6.45, 7) is 0. The van der Waals surface area contributed by atoms with Crippen molar-refractivity contribution in [3.8, 4) is 17.1 Å². The Morgan fingerprint density at radius 3 is 3.15 bits per heavy atom. The van der Waals surface area contributed by atoms with Crippen LogP contribution in [-0.4, -0.2) is 36.9 Å². The van der Waals surface area contributed by atoms with Gasteiger partial charge in [0.1, 0.15) is 12.1 Å². The molecule has 0 fully saturated rings. The molecule has 0 aliphatic rings. The number of ether oxygens (including phenoxy) is 1. The first-order valence-electron chi connectivity index (χ1n) is 6.04. The molecule has 20 heavy (non-hydrogen) atoms. The molecule has 0 atom stereocenters. The molecule has 0 bridgehead atoms. The van der Waals surface area contributed by atoms with Gasteiger partial charge in [-0.3, -0.25) is 5.10 Å². The lowest BCUT2D eigenvalue weighted by molar-refractivity contribution is 0.415. The second kappa shape index (κ2) is 4.02. The molecule has 1 aromatic carbocycles. The van der Waals surface area contributed by atoms with Crippen LogP contribution in [-0.2, 0) is 0 Å². The molecule has 0 spiro atoms. The lowest BCUT2D eigenvalue weighted by Crippen LogP contribution is -1.90. The number of hydrogen-bond acceptors (Lipinski definition) is 5. The fourth-order valence-electron chi connectivity index (χ4n) is 2.13. The van der Waals surface area contributed by atoms with Gasteiger partial charge >= 0.3 is 0 Å². The molecule has 0 saturated heterocycles. The van der Waals surface area contributed by atoms with Crippen molar-refractivity contribution in [3.63, 3.8) is 0 Å². The standard InChI is InChI=1S/C13H10N6O/c1-20-9-4-2-3-8(5-9)11-16-13-10-6-15-17-12(10)14-7-19(13)18-11/h2-7H,1H3,(H,15,17). The highest BCUT2D eigenvalue weighted by Crippen LogP contribution is 2.23. The van der Waals surface area contributed by atoms with Crippen molar-refractivity contribution < 1.29 is 4.74 Å². The second-order valence-corrected chi connectivity index (χ2v) is 4.31. The fourth-order valence-corrected chi connectivity index (χ4v) is 2.13. The predicted molar refractivity (Wildman–Crippen MR) is 72.4 cm³/mol. The number of fused-ring (bicyclic) bond motifs is 3. The highest BCUT2D eigenvalue weighted by molar-refractivity contribution is 5.88. The molecule has 98 valence electrons. The molecule has 4 rings (SSSR count). The summed E-state index contributed by atoms with van der Waals surface area (Å²) in [6.07, 6.45) is 3.31. The fraction of sp³-hybridized carbons (Fsp3) is 0.0769. The number of rotatable bonds is 2. The van der Waals surface area contributed by atoms with E-state index in [0.717, 1.165) is 22.3 Å². The van der Waals surface area contributed by atoms with E-state index >= 15 is 0 Å². The molecule has 7 heteroatoms. The van der Waals surface area contributed by atoms with Crippen LogP contribution in [0.15, 0.2) is 36.8 Å². The van der Waals surface area contributed by atoms with E-state index in [1.165, 1.54) is 0 Å². The van der Waals surface area contributed by atoms with Crippen LogP contribution in [0.25, 0.3) is 28.1 Å². The Kier molecular flexibility index (Phi) is 2.19. The minimum Gasteiger partial charge on any atom is -0.497 e. The Morgan fingerprint density at radius 2 is 2.25 bits per heavy atom. The first-order valence-corrected chi connectivity index (χ1v) is 6.04. The molecule has 0 saturated carbocycles. The number of aromatic nitrogens is 6. The molecule has 0 aliphatic carbocycles. The Labute approximate surface area is 113 Å². The average molecular weight is 266 g/mol. The summed E-state index contributed by atoms with van der Waals surface area (Å²) >= 11 is 0. The van der Waals surface area contributed by atoms with E-state index in [1.807, 2.05) is 24.3 Å². The van der Waals surface area contributed by atoms with Crippen molar-refractivity contribution in [3.05, 3.63) is 36.8 Å². The highest BCUT2D eigenvalue weighted by Gasteiger charge is 2.11. The van der Waals surface area contributed by atoms with Crippen LogP contribution < -0.4 is 4.74 Å². The van der Waals surface area contributed by atoms with Gasteiger partial charge in [0.25, 0.3) is 0 Å². The molecule has 7 nitrogen and oxygen atoms in total. The maximum absolute atomic E-state index is 5.22. The van der Waals surface area contributed by atoms with Crippen molar-refractivity contribution in [2.24, 2.45) is 0 Å². The van der Waals surface area contributed by atoms with Gasteiger partial charge in [-0.1, -0.05) is 12.1 Å². The van der Waals surface area contributed by atoms with Crippen molar-refractivity contribution in [1.29, 1.82) is 0 Å². The summed E-state index contributed by atoms with van der Waals surface area (Å²) in [7, 11) is 1.63. The van der Waals surface area contributed by atoms with Gasteiger partial charge in [0.15, 0.2) is 17.1 Å². The zero-order valence-corrected chi connectivity index (χ0v) is 10.6. The smallest absolute Gasteiger partial charge is 0.182 e. The summed E-state index contributed by atoms with van der Waals surface area (Å²) in [4.78, 5) is 8.78. The Bertz CT molecular complexity index is 909. The molecular weight excluding hydrogens is 256 g/mol. The quantitative estimate of drug-likeness (QED) is 0.597. The topological polar surface area (TPSA) is 81.0 Å². The minimum absolute atomic E-state index is 0.624. The van der Waals surface area contributed by atoms with Crippen LogP contribution in [0.4, 0.5) is 0 Å². The van der Waals surface area contributed by atoms with E-state index in [1.54, 1.807) is 24.1 Å². The number of H-pyrrole nitrogens is 1. The van der Waals surface area contributed by atoms with Crippen LogP contribution >= 0.6 is 0 Å². The van der Waals surface area contributed by atoms with Crippen molar-refractivity contribution in [2.45, 2.75) is 0 Å². The number of benzene rings is 1. The number of nitrogens with one attached hydrogen (secondary N) is 1. The van der Waals surface area contributed by atoms with Crippen molar-refractivity contribution in [1.82, 2.24) is 29.8 Å². The number of methoxy groups -OCH3 is 1. The van der Waals surface area contributed by atoms with Gasteiger partial charge in [-0.25, -0.2) is 14.5 Å². The maximum atomic E-state index is 5.22. The van der Waals surface area contributed by atoms with Gasteiger partial charge < -0.3 is 4.74 Å². The van der Waals surface area contributed by atoms with Gasteiger partial charge in [0.2, 0.25) is 0 Å². The SMILES string of the molecule is COc1cccc(-c2nc3c4cn[nH]c4ncn3n2)c1. The van der Waals surface area contributed by atoms with E-state index in [4.69, 9.17) is 4.74 Å². The van der Waals surface area contributed by atoms with Gasteiger partial charge in [-0.15, -0.1) is 5.10 Å². The third-order valence-corrected chi connectivity index (χ3v) is 3.12. The summed E-state index contributed by atoms with van der Waals surface area (Å²) < 4.78 is 6.86. The number of hydrogen-bond donors (Lipinski definition) is 1. The largest absolute Gasteiger partial charge is 0.497 e. The van der Waals surface area contributed by atoms with Crippen LogP contribution in [0.3, 0.4) is 0 Å². The lowest BCUT2D eigenvalue weighted by atomic mass is 10.2. The second-order valence-electron chi connectivity index (χ2n) is 4.31. The lowest BCUT2D eigenvalue weighted by Gasteiger charge is -2.00. The Balaban J connectivity index is 1.95. The first-order chi connectivity index (χ1) is 9.85. The molecule has 0 unspecified atom stereocenters. The van der Waals surface area contributed by atoms with E-state index in [2.05, 4.69) is 25.3 Å². The summed E-state index contributed by atoms with van der Waals surface area (Å²) in [5, 5.41) is 12.1. The zero-order valence-electron chi connectivity index (χ0n) is 10.6. The number of nitrogens with zero attached hydrogens (tertiary/aromatic N) is 5. The van der Waals surface area contributed by atoms with E-state index in [-0.39, 0.29) is 0 Å². The predicted octanol–water partition coefficient (Wildman–Crippen LogP) is 1.68. The zero-order chi connectivity index (χ0) is 13.5. The summed E-state index contributed by atoms with van der Waals surface area (Å²) in [5.74, 6) is 1.40. The summed E-state index contributed by atoms with van der Waals surface area (Å²) in [5.41, 5.74) is 2.31. The van der Waals surface area contributed by atoms with Crippen LogP contribution in [0.5, 0.6) is 5.75 Å². The number of aromatic amines is 1. The first kappa shape index (κ1) is 10.9. The van der Waals surface area contributed by atoms with Crippen molar-refractivity contribution >= 4 is 16.7 Å². The van der Waals surface area contributed by atoms with E-state index in [0.29, 0.717) is 11.5 Å². The van der Waals surface area contributed by atoms with Gasteiger partial charge in [0, 0.05) is 5.56 Å². The monoisotopic (exact) mass is 266 g/mol. The van der Waals surface area contributed by atoms with Crippen LogP contribution in [0, 0.1) is 0 Å². The molecule has 1 N–H and O–H groups in total. The van der Waals surface area contributed by atoms with Gasteiger partial charge in [-0.05, 0) is 12.1 Å². The third kappa shape index (κ3) is 1.53. The molecular formula is C13H10N6O. The molecule has 3 aromatic heterocycles. The average Bonchev–Trinajstić information content (AvgIpc) is 3.12. The Morgan fingerprint density at radius 1 is 1.30 bits per heavy atom. The molecule has 0 amide bonds. The molecule has 4 aromatic rings. The van der Waals surface area contributed by atoms with Gasteiger partial charge in [0.05, 0.1) is 18.7 Å². The Hall–Kier alpha value is -2.96. The third-order valence-electron chi connectivity index (χ3n) is 3.12. The van der Waals surface area contributed by atoms with E-state index < -0.39 is 0 Å². The highest BCUT2D eigenvalue weighted by atomic mass is 16.5. The normalized spacial score (nSPS) is 11.2. The maximum Gasteiger partial charge on any atom is 0.182 e. The van der Waals surface area contributed by atoms with E-state index in [9.17, 15) is 0 Å². The van der Waals surface area contributed by atoms with Gasteiger partial charge in [-0.2, -0.15) is 5.10 Å². The minimum atomic E-state index is 0.624. The molecule has 0 aliphatic heterocycles. The van der Waals surface area contributed by atoms with Crippen LogP contribution in [0.2, 0.25) is 0 Å².